The molecule has 196 valence electrons. The lowest BCUT2D eigenvalue weighted by Crippen LogP contribution is -2.52. The van der Waals surface area contributed by atoms with Crippen molar-refractivity contribution in [1.29, 1.82) is 0 Å². The maximum absolute atomic E-state index is 12.3. The van der Waals surface area contributed by atoms with Crippen molar-refractivity contribution >= 4 is 17.8 Å². The predicted octanol–water partition coefficient (Wildman–Crippen LogP) is 3.32. The van der Waals surface area contributed by atoms with E-state index in [1.165, 1.54) is 12.8 Å². The van der Waals surface area contributed by atoms with Gasteiger partial charge in [0.2, 0.25) is 5.91 Å². The van der Waals surface area contributed by atoms with Crippen molar-refractivity contribution in [3.8, 4) is 0 Å². The molecule has 1 aromatic heterocycles. The summed E-state index contributed by atoms with van der Waals surface area (Å²) in [4.78, 5) is 39.3. The summed E-state index contributed by atoms with van der Waals surface area (Å²) in [6.45, 7) is 3.03. The quantitative estimate of drug-likeness (QED) is 0.595. The van der Waals surface area contributed by atoms with Crippen LogP contribution >= 0.6 is 0 Å². The van der Waals surface area contributed by atoms with Crippen molar-refractivity contribution in [3.05, 3.63) is 30.1 Å². The van der Waals surface area contributed by atoms with E-state index in [2.05, 4.69) is 26.9 Å². The van der Waals surface area contributed by atoms with E-state index in [1.54, 1.807) is 0 Å². The fourth-order valence-electron chi connectivity index (χ4n) is 3.95. The Morgan fingerprint density at radius 2 is 1.51 bits per heavy atom. The van der Waals surface area contributed by atoms with Gasteiger partial charge in [-0.05, 0) is 43.7 Å². The maximum atomic E-state index is 12.3. The zero-order valence-electron chi connectivity index (χ0n) is 18.4. The molecule has 14 heteroatoms. The number of carbonyl (C=O) groups is 3. The third kappa shape index (κ3) is 9.00. The average Bonchev–Trinajstić information content (AvgIpc) is 3.49. The van der Waals surface area contributed by atoms with Crippen molar-refractivity contribution in [2.75, 3.05) is 13.1 Å². The van der Waals surface area contributed by atoms with Gasteiger partial charge >= 0.3 is 24.3 Å². The van der Waals surface area contributed by atoms with Crippen LogP contribution in [0.5, 0.6) is 0 Å². The third-order valence-corrected chi connectivity index (χ3v) is 5.73. The lowest BCUT2D eigenvalue weighted by molar-refractivity contribution is -0.193. The van der Waals surface area contributed by atoms with Gasteiger partial charge in [-0.25, -0.2) is 9.59 Å². The molecule has 1 aromatic rings. The number of aliphatic carboxylic acids is 2. The molecule has 2 N–H and O–H groups in total. The summed E-state index contributed by atoms with van der Waals surface area (Å²) in [5, 5.41) is 14.2. The molecular weight excluding hydrogens is 488 g/mol. The number of hydrogen-bond acceptors (Lipinski definition) is 5. The van der Waals surface area contributed by atoms with Crippen molar-refractivity contribution < 1.29 is 50.9 Å². The molecule has 2 aliphatic heterocycles. The van der Waals surface area contributed by atoms with Crippen LogP contribution in [0.4, 0.5) is 26.3 Å². The van der Waals surface area contributed by atoms with E-state index in [4.69, 9.17) is 19.8 Å². The molecule has 4 rings (SSSR count). The summed E-state index contributed by atoms with van der Waals surface area (Å²) in [6, 6.07) is 7.12. The van der Waals surface area contributed by atoms with Gasteiger partial charge in [0, 0.05) is 44.3 Å². The number of nitrogens with zero attached hydrogens (tertiary/aromatic N) is 3. The Morgan fingerprint density at radius 3 is 1.97 bits per heavy atom. The number of carbonyl (C=O) groups excluding carboxylic acids is 1. The van der Waals surface area contributed by atoms with Gasteiger partial charge in [0.05, 0.1) is 5.69 Å². The minimum Gasteiger partial charge on any atom is -0.475 e. The minimum atomic E-state index is -5.08. The standard InChI is InChI=1S/C17H23N3O.2C2HF3O2/c21-17-7-6-15-16(20(17)11-13-4-5-13)8-10-19(15)12-14-3-1-2-9-18-14;2*3-2(4,5)1(6)7/h1-3,9,13,15-16H,4-8,10-12H2;2*(H,6,7)/t15-,16-;;/m1../s1. The normalized spacial score (nSPS) is 22.3. The lowest BCUT2D eigenvalue weighted by Gasteiger charge is -2.40. The number of carboxylic acid groups (broad SMARTS) is 2. The molecule has 2 atom stereocenters. The Hall–Kier alpha value is -2.90. The van der Waals surface area contributed by atoms with Crippen LogP contribution in [0.3, 0.4) is 0 Å². The van der Waals surface area contributed by atoms with Crippen molar-refractivity contribution in [2.45, 2.75) is 63.1 Å². The highest BCUT2D eigenvalue weighted by atomic mass is 19.4. The van der Waals surface area contributed by atoms with Gasteiger partial charge < -0.3 is 15.1 Å². The van der Waals surface area contributed by atoms with Crippen molar-refractivity contribution in [2.24, 2.45) is 5.92 Å². The van der Waals surface area contributed by atoms with Crippen LogP contribution in [0.25, 0.3) is 0 Å². The summed E-state index contributed by atoms with van der Waals surface area (Å²) in [5.41, 5.74) is 1.14. The number of fused-ring (bicyclic) bond motifs is 1. The Morgan fingerprint density at radius 1 is 0.943 bits per heavy atom. The maximum Gasteiger partial charge on any atom is 0.490 e. The van der Waals surface area contributed by atoms with Crippen LogP contribution in [0.15, 0.2) is 24.4 Å². The predicted molar refractivity (Wildman–Crippen MR) is 108 cm³/mol. The van der Waals surface area contributed by atoms with Crippen LogP contribution < -0.4 is 0 Å². The first-order valence-corrected chi connectivity index (χ1v) is 10.7. The molecule has 0 radical (unpaired) electrons. The van der Waals surface area contributed by atoms with Crippen LogP contribution in [0, 0.1) is 5.92 Å². The number of pyridine rings is 1. The SMILES string of the molecule is O=C(O)C(F)(F)F.O=C(O)C(F)(F)F.O=C1CC[C@@H]2[C@@H](CCN2Cc2ccccn2)N1CC1CC1. The van der Waals surface area contributed by atoms with Gasteiger partial charge in [0.25, 0.3) is 0 Å². The highest BCUT2D eigenvalue weighted by Gasteiger charge is 2.44. The van der Waals surface area contributed by atoms with Gasteiger partial charge in [0.15, 0.2) is 0 Å². The minimum absolute atomic E-state index is 0.392. The van der Waals surface area contributed by atoms with Crippen molar-refractivity contribution in [1.82, 2.24) is 14.8 Å². The fraction of sp³-hybridized carbons (Fsp3) is 0.619. The Kier molecular flexibility index (Phi) is 9.46. The smallest absolute Gasteiger partial charge is 0.475 e. The molecule has 3 aliphatic rings. The van der Waals surface area contributed by atoms with Crippen LogP contribution in [-0.4, -0.2) is 80.4 Å². The zero-order valence-corrected chi connectivity index (χ0v) is 18.4. The molecule has 2 saturated heterocycles. The molecule has 8 nitrogen and oxygen atoms in total. The number of likely N-dealkylation sites (tertiary alicyclic amines) is 2. The number of aromatic nitrogens is 1. The van der Waals surface area contributed by atoms with Crippen LogP contribution in [0.1, 0.15) is 37.8 Å². The second-order valence-electron chi connectivity index (χ2n) is 8.35. The molecule has 3 heterocycles. The molecule has 0 bridgehead atoms. The average molecular weight is 513 g/mol. The van der Waals surface area contributed by atoms with Gasteiger partial charge in [-0.2, -0.15) is 26.3 Å². The summed E-state index contributed by atoms with van der Waals surface area (Å²) < 4.78 is 63.5. The largest absolute Gasteiger partial charge is 0.490 e. The summed E-state index contributed by atoms with van der Waals surface area (Å²) in [6.07, 6.45) is -2.77. The van der Waals surface area contributed by atoms with Gasteiger partial charge in [0.1, 0.15) is 0 Å². The second-order valence-corrected chi connectivity index (χ2v) is 8.35. The molecular formula is C21H25F6N3O5. The first-order chi connectivity index (χ1) is 16.2. The lowest BCUT2D eigenvalue weighted by atomic mass is 9.96. The van der Waals surface area contributed by atoms with E-state index in [1.807, 2.05) is 12.3 Å². The monoisotopic (exact) mass is 513 g/mol. The second kappa shape index (κ2) is 11.7. The molecule has 35 heavy (non-hydrogen) atoms. The van der Waals surface area contributed by atoms with Gasteiger partial charge in [-0.3, -0.25) is 14.7 Å². The van der Waals surface area contributed by atoms with Gasteiger partial charge in [-0.1, -0.05) is 6.07 Å². The summed E-state index contributed by atoms with van der Waals surface area (Å²) in [7, 11) is 0. The van der Waals surface area contributed by atoms with Crippen LogP contribution in [0.2, 0.25) is 0 Å². The molecule has 0 unspecified atom stereocenters. The van der Waals surface area contributed by atoms with Crippen LogP contribution in [-0.2, 0) is 20.9 Å². The number of halogens is 6. The molecule has 1 saturated carbocycles. The number of rotatable bonds is 4. The molecule has 0 aromatic carbocycles. The number of alkyl halides is 6. The number of hydrogen-bond donors (Lipinski definition) is 2. The highest BCUT2D eigenvalue weighted by Crippen LogP contribution is 2.36. The van der Waals surface area contributed by atoms with E-state index >= 15 is 0 Å². The first-order valence-electron chi connectivity index (χ1n) is 10.7. The number of carboxylic acids is 2. The third-order valence-electron chi connectivity index (χ3n) is 5.73. The van der Waals surface area contributed by atoms with Crippen molar-refractivity contribution in [3.63, 3.8) is 0 Å². The topological polar surface area (TPSA) is 111 Å². The Balaban J connectivity index is 0.000000257. The van der Waals surface area contributed by atoms with E-state index < -0.39 is 24.3 Å². The Labute approximate surface area is 196 Å². The highest BCUT2D eigenvalue weighted by molar-refractivity contribution is 5.78. The van der Waals surface area contributed by atoms with E-state index in [0.29, 0.717) is 18.0 Å². The van der Waals surface area contributed by atoms with Gasteiger partial charge in [-0.15, -0.1) is 0 Å². The van der Waals surface area contributed by atoms with E-state index in [9.17, 15) is 31.1 Å². The zero-order chi connectivity index (χ0) is 26.4. The fourth-order valence-corrected chi connectivity index (χ4v) is 3.95. The van der Waals surface area contributed by atoms with E-state index in [0.717, 1.165) is 50.5 Å². The summed E-state index contributed by atoms with van der Waals surface area (Å²) in [5.74, 6) is -4.33. The number of amides is 1. The molecule has 0 spiro atoms. The van der Waals surface area contributed by atoms with E-state index in [-0.39, 0.29) is 0 Å². The molecule has 3 fully saturated rings. The Bertz CT molecular complexity index is 852. The first kappa shape index (κ1) is 28.3. The summed E-state index contributed by atoms with van der Waals surface area (Å²) >= 11 is 0. The number of piperidine rings is 1. The molecule has 1 aliphatic carbocycles. The molecule has 1 amide bonds.